The van der Waals surface area contributed by atoms with Crippen LogP contribution in [0, 0.1) is 17.7 Å². The first-order valence-electron chi connectivity index (χ1n) is 12.8. The molecule has 1 unspecified atom stereocenters. The van der Waals surface area contributed by atoms with E-state index in [1.165, 1.54) is 12.1 Å². The first-order chi connectivity index (χ1) is 18.3. The van der Waals surface area contributed by atoms with Crippen molar-refractivity contribution in [3.63, 3.8) is 0 Å². The summed E-state index contributed by atoms with van der Waals surface area (Å²) in [5, 5.41) is 10.4. The lowest BCUT2D eigenvalue weighted by Crippen LogP contribution is -2.42. The van der Waals surface area contributed by atoms with Crippen LogP contribution in [0.4, 0.5) is 9.18 Å². The third-order valence-corrected chi connectivity index (χ3v) is 7.37. The minimum absolute atomic E-state index is 0.0649. The van der Waals surface area contributed by atoms with Crippen LogP contribution in [0.25, 0.3) is 11.1 Å². The fraction of sp³-hybridized carbons (Fsp3) is 0.333. The van der Waals surface area contributed by atoms with Crippen LogP contribution in [0.2, 0.25) is 5.02 Å². The van der Waals surface area contributed by atoms with Crippen LogP contribution in [0.5, 0.6) is 0 Å². The lowest BCUT2D eigenvalue weighted by atomic mass is 9.80. The number of ether oxygens (including phenoxy) is 1. The van der Waals surface area contributed by atoms with E-state index < -0.39 is 11.9 Å². The molecule has 3 aromatic rings. The van der Waals surface area contributed by atoms with E-state index in [-0.39, 0.29) is 30.5 Å². The largest absolute Gasteiger partial charge is 0.481 e. The van der Waals surface area contributed by atoms with Gasteiger partial charge in [0.2, 0.25) is 0 Å². The maximum absolute atomic E-state index is 14.2. The number of nitrogens with zero attached hydrogens (tertiary/aromatic N) is 1. The minimum atomic E-state index is -0.864. The van der Waals surface area contributed by atoms with E-state index in [0.29, 0.717) is 54.9 Å². The molecule has 4 rings (SSSR count). The van der Waals surface area contributed by atoms with E-state index in [2.05, 4.69) is 0 Å². The average Bonchev–Trinajstić information content (AvgIpc) is 2.93. The van der Waals surface area contributed by atoms with Crippen molar-refractivity contribution >= 4 is 23.7 Å². The smallest absolute Gasteiger partial charge is 0.410 e. The number of piperidine rings is 1. The average molecular weight is 539 g/mol. The van der Waals surface area contributed by atoms with Crippen molar-refractivity contribution in [2.75, 3.05) is 13.1 Å². The molecule has 1 fully saturated rings. The van der Waals surface area contributed by atoms with E-state index >= 15 is 0 Å². The van der Waals surface area contributed by atoms with Gasteiger partial charge >= 0.3 is 12.1 Å². The van der Waals surface area contributed by atoms with Crippen molar-refractivity contribution in [3.05, 3.63) is 94.8 Å². The Kier molecular flexibility index (Phi) is 9.37. The topological polar surface area (TPSA) is 92.9 Å². The molecule has 1 heterocycles. The molecule has 1 amide bonds. The molecule has 6 nitrogen and oxygen atoms in total. The van der Waals surface area contributed by atoms with Crippen LogP contribution in [0.15, 0.2) is 72.8 Å². The monoisotopic (exact) mass is 538 g/mol. The van der Waals surface area contributed by atoms with Gasteiger partial charge in [0.05, 0.1) is 5.92 Å². The molecular weight excluding hydrogens is 507 g/mol. The van der Waals surface area contributed by atoms with Crippen molar-refractivity contribution in [1.82, 2.24) is 4.90 Å². The van der Waals surface area contributed by atoms with Gasteiger partial charge in [-0.2, -0.15) is 0 Å². The second-order valence-electron chi connectivity index (χ2n) is 9.83. The molecule has 0 spiro atoms. The zero-order valence-electron chi connectivity index (χ0n) is 21.1. The van der Waals surface area contributed by atoms with Gasteiger partial charge in [0.25, 0.3) is 0 Å². The highest BCUT2D eigenvalue weighted by atomic mass is 35.5. The van der Waals surface area contributed by atoms with Gasteiger partial charge in [-0.3, -0.25) is 4.79 Å². The highest BCUT2D eigenvalue weighted by Crippen LogP contribution is 2.30. The quantitative estimate of drug-likeness (QED) is 0.340. The molecule has 0 saturated carbocycles. The van der Waals surface area contributed by atoms with Crippen molar-refractivity contribution in [2.24, 2.45) is 17.6 Å². The summed E-state index contributed by atoms with van der Waals surface area (Å²) in [7, 11) is 0. The number of hydrogen-bond acceptors (Lipinski definition) is 4. The van der Waals surface area contributed by atoms with Gasteiger partial charge in [0.1, 0.15) is 12.4 Å². The number of nitrogens with two attached hydrogens (primary N) is 1. The van der Waals surface area contributed by atoms with Crippen LogP contribution in [-0.2, 0) is 22.6 Å². The maximum Gasteiger partial charge on any atom is 0.410 e. The number of likely N-dealkylation sites (tertiary alicyclic amines) is 1. The second kappa shape index (κ2) is 12.9. The maximum atomic E-state index is 14.2. The Labute approximate surface area is 227 Å². The molecule has 3 aromatic carbocycles. The van der Waals surface area contributed by atoms with Gasteiger partial charge in [0, 0.05) is 29.7 Å². The van der Waals surface area contributed by atoms with Crippen LogP contribution < -0.4 is 5.73 Å². The van der Waals surface area contributed by atoms with Crippen LogP contribution in [-0.4, -0.2) is 41.2 Å². The number of amides is 1. The molecule has 1 aliphatic heterocycles. The van der Waals surface area contributed by atoms with E-state index in [1.807, 2.05) is 54.6 Å². The summed E-state index contributed by atoms with van der Waals surface area (Å²) >= 11 is 6.01. The molecule has 2 atom stereocenters. The Balaban J connectivity index is 1.28. The summed E-state index contributed by atoms with van der Waals surface area (Å²) in [4.78, 5) is 26.2. The van der Waals surface area contributed by atoms with Crippen LogP contribution in [0.3, 0.4) is 0 Å². The summed E-state index contributed by atoms with van der Waals surface area (Å²) in [5.41, 5.74) is 9.39. The highest BCUT2D eigenvalue weighted by molar-refractivity contribution is 6.30. The van der Waals surface area contributed by atoms with Gasteiger partial charge in [-0.25, -0.2) is 9.18 Å². The van der Waals surface area contributed by atoms with Crippen molar-refractivity contribution in [2.45, 2.75) is 38.3 Å². The molecular formula is C30H32ClFN2O4. The number of rotatable bonds is 9. The van der Waals surface area contributed by atoms with E-state index in [4.69, 9.17) is 22.1 Å². The van der Waals surface area contributed by atoms with Gasteiger partial charge < -0.3 is 20.5 Å². The summed E-state index contributed by atoms with van der Waals surface area (Å²) in [6.45, 7) is 1.12. The zero-order chi connectivity index (χ0) is 27.1. The Morgan fingerprint density at radius 1 is 1.03 bits per heavy atom. The van der Waals surface area contributed by atoms with Gasteiger partial charge in [-0.05, 0) is 66.5 Å². The summed E-state index contributed by atoms with van der Waals surface area (Å²) in [6.07, 6.45) is 1.64. The minimum Gasteiger partial charge on any atom is -0.481 e. The van der Waals surface area contributed by atoms with Gasteiger partial charge in [-0.15, -0.1) is 0 Å². The molecule has 38 heavy (non-hydrogen) atoms. The molecule has 1 saturated heterocycles. The van der Waals surface area contributed by atoms with Crippen molar-refractivity contribution in [3.8, 4) is 11.1 Å². The highest BCUT2D eigenvalue weighted by Gasteiger charge is 2.34. The number of carboxylic acids is 1. The first-order valence-corrected chi connectivity index (χ1v) is 13.2. The number of halogens is 2. The van der Waals surface area contributed by atoms with Gasteiger partial charge in [0.15, 0.2) is 0 Å². The van der Waals surface area contributed by atoms with Crippen molar-refractivity contribution < 1.29 is 23.8 Å². The second-order valence-corrected chi connectivity index (χ2v) is 10.3. The Bertz CT molecular complexity index is 1230. The first kappa shape index (κ1) is 27.6. The Hall–Kier alpha value is -3.42. The van der Waals surface area contributed by atoms with Crippen LogP contribution >= 0.6 is 11.6 Å². The number of benzene rings is 3. The molecule has 3 N–H and O–H groups in total. The number of carbonyl (C=O) groups excluding carboxylic acids is 1. The molecule has 8 heteroatoms. The normalized spacial score (nSPS) is 15.6. The van der Waals surface area contributed by atoms with E-state index in [0.717, 1.165) is 11.1 Å². The standard InChI is InChI=1S/C30H32ClFN2O4/c31-24-10-11-28(32)26(17-24)22-8-6-20(7-9-22)16-25(33)18-27(29(35)36)23-12-14-34(15-13-23)30(37)38-19-21-4-2-1-3-5-21/h1-11,17,23,25,27H,12-16,18-19,33H2,(H,35,36)/t25-,27?/m1/s1. The summed E-state index contributed by atoms with van der Waals surface area (Å²) in [6, 6.07) is 21.0. The number of hydrogen-bond donors (Lipinski definition) is 2. The predicted octanol–water partition coefficient (Wildman–Crippen LogP) is 6.16. The van der Waals surface area contributed by atoms with Crippen molar-refractivity contribution in [1.29, 1.82) is 0 Å². The molecule has 0 aromatic heterocycles. The Morgan fingerprint density at radius 3 is 2.37 bits per heavy atom. The third kappa shape index (κ3) is 7.33. The lowest BCUT2D eigenvalue weighted by molar-refractivity contribution is -0.144. The fourth-order valence-corrected chi connectivity index (χ4v) is 5.21. The predicted molar refractivity (Wildman–Crippen MR) is 145 cm³/mol. The summed E-state index contributed by atoms with van der Waals surface area (Å²) in [5.74, 6) is -1.87. The number of carbonyl (C=O) groups is 2. The summed E-state index contributed by atoms with van der Waals surface area (Å²) < 4.78 is 19.6. The molecule has 0 bridgehead atoms. The van der Waals surface area contributed by atoms with E-state index in [1.54, 1.807) is 11.0 Å². The number of carboxylic acid groups (broad SMARTS) is 1. The lowest BCUT2D eigenvalue weighted by Gasteiger charge is -2.34. The zero-order valence-corrected chi connectivity index (χ0v) is 21.8. The third-order valence-electron chi connectivity index (χ3n) is 7.14. The van der Waals surface area contributed by atoms with Crippen LogP contribution in [0.1, 0.15) is 30.4 Å². The molecule has 0 radical (unpaired) electrons. The molecule has 200 valence electrons. The van der Waals surface area contributed by atoms with Gasteiger partial charge in [-0.1, -0.05) is 66.2 Å². The number of aliphatic carboxylic acids is 1. The molecule has 1 aliphatic rings. The Morgan fingerprint density at radius 2 is 1.71 bits per heavy atom. The fourth-order valence-electron chi connectivity index (χ4n) is 5.04. The molecule has 0 aliphatic carbocycles. The SMILES string of the molecule is N[C@H](Cc1ccc(-c2cc(Cl)ccc2F)cc1)CC(C(=O)O)C1CCN(C(=O)OCc2ccccc2)CC1. The van der Waals surface area contributed by atoms with E-state index in [9.17, 15) is 19.1 Å².